The predicted octanol–water partition coefficient (Wildman–Crippen LogP) is 3.51. The summed E-state index contributed by atoms with van der Waals surface area (Å²) in [4.78, 5) is 34.3. The van der Waals surface area contributed by atoms with Crippen LogP contribution in [0.4, 0.5) is 10.6 Å². The summed E-state index contributed by atoms with van der Waals surface area (Å²) in [6, 6.07) is 4.59. The Morgan fingerprint density at radius 3 is 2.24 bits per heavy atom. The summed E-state index contributed by atoms with van der Waals surface area (Å²) in [5, 5.41) is 12.0. The van der Waals surface area contributed by atoms with E-state index in [1.54, 1.807) is 4.68 Å². The van der Waals surface area contributed by atoms with Gasteiger partial charge in [-0.3, -0.25) is 4.79 Å². The molecular formula is C25H37N7O2. The van der Waals surface area contributed by atoms with Crippen molar-refractivity contribution in [1.29, 1.82) is 0 Å². The molecule has 3 amide bonds. The Kier molecular flexibility index (Phi) is 6.87. The fourth-order valence-corrected chi connectivity index (χ4v) is 5.59. The van der Waals surface area contributed by atoms with Crippen LogP contribution >= 0.6 is 0 Å². The number of amides is 3. The third-order valence-electron chi connectivity index (χ3n) is 7.59. The lowest BCUT2D eigenvalue weighted by molar-refractivity contribution is 0.0908. The van der Waals surface area contributed by atoms with Gasteiger partial charge in [0.05, 0.1) is 5.39 Å². The number of anilines is 1. The monoisotopic (exact) mass is 467 g/mol. The van der Waals surface area contributed by atoms with Crippen LogP contribution in [0.3, 0.4) is 0 Å². The molecule has 2 aromatic heterocycles. The molecule has 2 saturated heterocycles. The van der Waals surface area contributed by atoms with Crippen LogP contribution in [-0.2, 0) is 7.05 Å². The number of carbonyl (C=O) groups excluding carboxylic acids is 2. The summed E-state index contributed by atoms with van der Waals surface area (Å²) < 4.78 is 1.69. The van der Waals surface area contributed by atoms with Gasteiger partial charge in [0.1, 0.15) is 5.82 Å². The first-order valence-electron chi connectivity index (χ1n) is 13.0. The molecule has 34 heavy (non-hydrogen) atoms. The van der Waals surface area contributed by atoms with Crippen LogP contribution in [0.1, 0.15) is 74.7 Å². The molecule has 3 fully saturated rings. The molecule has 184 valence electrons. The second-order valence-corrected chi connectivity index (χ2v) is 10.1. The number of likely N-dealkylation sites (tertiary alicyclic amines) is 2. The molecule has 9 nitrogen and oxygen atoms in total. The van der Waals surface area contributed by atoms with Gasteiger partial charge in [0, 0.05) is 45.3 Å². The zero-order valence-corrected chi connectivity index (χ0v) is 20.3. The van der Waals surface area contributed by atoms with Gasteiger partial charge in [-0.1, -0.05) is 25.7 Å². The lowest BCUT2D eigenvalue weighted by Crippen LogP contribution is -2.50. The van der Waals surface area contributed by atoms with Crippen molar-refractivity contribution in [2.45, 2.75) is 76.3 Å². The first-order chi connectivity index (χ1) is 16.6. The summed E-state index contributed by atoms with van der Waals surface area (Å²) in [7, 11) is 1.84. The zero-order chi connectivity index (χ0) is 23.5. The highest BCUT2D eigenvalue weighted by Crippen LogP contribution is 2.24. The molecule has 9 heteroatoms. The Labute approximate surface area is 201 Å². The first kappa shape index (κ1) is 22.9. The molecule has 1 aliphatic carbocycles. The summed E-state index contributed by atoms with van der Waals surface area (Å²) in [5.74, 6) is 0.686. The van der Waals surface area contributed by atoms with E-state index in [0.717, 1.165) is 55.6 Å². The van der Waals surface area contributed by atoms with Crippen molar-refractivity contribution in [1.82, 2.24) is 29.9 Å². The highest BCUT2D eigenvalue weighted by Gasteiger charge is 2.29. The number of hydrogen-bond acceptors (Lipinski definition) is 5. The minimum atomic E-state index is -0.166. The number of aryl methyl sites for hydroxylation is 1. The maximum atomic E-state index is 13.1. The molecular weight excluding hydrogens is 430 g/mol. The number of urea groups is 1. The van der Waals surface area contributed by atoms with E-state index in [-0.39, 0.29) is 18.0 Å². The van der Waals surface area contributed by atoms with E-state index in [1.807, 2.05) is 29.0 Å². The van der Waals surface area contributed by atoms with E-state index in [2.05, 4.69) is 15.7 Å². The van der Waals surface area contributed by atoms with Crippen LogP contribution in [0.5, 0.6) is 0 Å². The van der Waals surface area contributed by atoms with E-state index in [0.29, 0.717) is 24.8 Å². The van der Waals surface area contributed by atoms with E-state index < -0.39 is 0 Å². The standard InChI is InChI=1S/C25H37N7O2/c1-30-23-20(10-11-21(28-23)26-18-8-4-2-3-5-9-18)22(29-30)24(33)27-19-12-16-32(17-13-19)25(34)31-14-6-7-15-31/h10-11,18-19H,2-9,12-17H2,1H3,(H,26,28)(H,27,33). The number of piperidine rings is 1. The fraction of sp³-hybridized carbons (Fsp3) is 0.680. The number of carbonyl (C=O) groups is 2. The minimum absolute atomic E-state index is 0.0521. The molecule has 2 aliphatic heterocycles. The van der Waals surface area contributed by atoms with E-state index >= 15 is 0 Å². The van der Waals surface area contributed by atoms with Gasteiger partial charge in [0.15, 0.2) is 11.3 Å². The molecule has 0 aromatic carbocycles. The maximum Gasteiger partial charge on any atom is 0.319 e. The number of fused-ring (bicyclic) bond motifs is 1. The molecule has 0 atom stereocenters. The third-order valence-corrected chi connectivity index (χ3v) is 7.59. The molecule has 5 rings (SSSR count). The summed E-state index contributed by atoms with van der Waals surface area (Å²) in [5.41, 5.74) is 1.14. The third kappa shape index (κ3) is 4.98. The van der Waals surface area contributed by atoms with Crippen LogP contribution in [0.2, 0.25) is 0 Å². The number of nitrogens with zero attached hydrogens (tertiary/aromatic N) is 5. The minimum Gasteiger partial charge on any atom is -0.367 e. The Morgan fingerprint density at radius 1 is 0.853 bits per heavy atom. The number of nitrogens with one attached hydrogen (secondary N) is 2. The second kappa shape index (κ2) is 10.2. The normalized spacial score (nSPS) is 20.5. The fourth-order valence-electron chi connectivity index (χ4n) is 5.59. The highest BCUT2D eigenvalue weighted by molar-refractivity contribution is 6.04. The van der Waals surface area contributed by atoms with Crippen LogP contribution in [0.25, 0.3) is 11.0 Å². The van der Waals surface area contributed by atoms with Gasteiger partial charge in [-0.05, 0) is 50.7 Å². The molecule has 0 spiro atoms. The lowest BCUT2D eigenvalue weighted by atomic mass is 10.0. The largest absolute Gasteiger partial charge is 0.367 e. The van der Waals surface area contributed by atoms with Gasteiger partial charge in [0.25, 0.3) is 5.91 Å². The second-order valence-electron chi connectivity index (χ2n) is 10.1. The number of hydrogen-bond donors (Lipinski definition) is 2. The summed E-state index contributed by atoms with van der Waals surface area (Å²) >= 11 is 0. The van der Waals surface area contributed by atoms with Crippen LogP contribution in [-0.4, -0.2) is 74.8 Å². The molecule has 2 N–H and O–H groups in total. The van der Waals surface area contributed by atoms with Crippen LogP contribution in [0, 0.1) is 0 Å². The number of aromatic nitrogens is 3. The van der Waals surface area contributed by atoms with Crippen molar-refractivity contribution in [2.75, 3.05) is 31.5 Å². The molecule has 1 saturated carbocycles. The molecule has 0 bridgehead atoms. The highest BCUT2D eigenvalue weighted by atomic mass is 16.2. The first-order valence-corrected chi connectivity index (χ1v) is 13.0. The van der Waals surface area contributed by atoms with E-state index in [9.17, 15) is 9.59 Å². The Morgan fingerprint density at radius 2 is 1.53 bits per heavy atom. The smallest absolute Gasteiger partial charge is 0.319 e. The maximum absolute atomic E-state index is 13.1. The van der Waals surface area contributed by atoms with Crippen molar-refractivity contribution in [3.8, 4) is 0 Å². The van der Waals surface area contributed by atoms with Crippen molar-refractivity contribution in [3.05, 3.63) is 17.8 Å². The van der Waals surface area contributed by atoms with Gasteiger partial charge >= 0.3 is 6.03 Å². The van der Waals surface area contributed by atoms with E-state index in [4.69, 9.17) is 4.98 Å². The lowest BCUT2D eigenvalue weighted by Gasteiger charge is -2.34. The van der Waals surface area contributed by atoms with Gasteiger partial charge in [-0.15, -0.1) is 0 Å². The zero-order valence-electron chi connectivity index (χ0n) is 20.3. The Balaban J connectivity index is 1.20. The van der Waals surface area contributed by atoms with E-state index in [1.165, 1.54) is 38.5 Å². The molecule has 0 unspecified atom stereocenters. The number of rotatable bonds is 4. The number of pyridine rings is 1. The topological polar surface area (TPSA) is 95.4 Å². The quantitative estimate of drug-likeness (QED) is 0.671. The Bertz CT molecular complexity index is 1010. The van der Waals surface area contributed by atoms with Crippen LogP contribution < -0.4 is 10.6 Å². The van der Waals surface area contributed by atoms with Crippen LogP contribution in [0.15, 0.2) is 12.1 Å². The SMILES string of the molecule is Cn1nc(C(=O)NC2CCN(C(=O)N3CCCC3)CC2)c2ccc(NC3CCCCCC3)nc21. The van der Waals surface area contributed by atoms with Gasteiger partial charge < -0.3 is 20.4 Å². The van der Waals surface area contributed by atoms with Crippen molar-refractivity contribution in [3.63, 3.8) is 0 Å². The molecule has 3 aliphatic rings. The van der Waals surface area contributed by atoms with Gasteiger partial charge in [-0.2, -0.15) is 5.10 Å². The average Bonchev–Trinajstić information content (AvgIpc) is 3.42. The van der Waals surface area contributed by atoms with Gasteiger partial charge in [-0.25, -0.2) is 14.5 Å². The van der Waals surface area contributed by atoms with Crippen molar-refractivity contribution >= 4 is 28.8 Å². The molecule has 0 radical (unpaired) electrons. The molecule has 2 aromatic rings. The Hall–Kier alpha value is -2.84. The predicted molar refractivity (Wildman–Crippen MR) is 132 cm³/mol. The summed E-state index contributed by atoms with van der Waals surface area (Å²) in [6.07, 6.45) is 11.3. The van der Waals surface area contributed by atoms with Crippen molar-refractivity contribution < 1.29 is 9.59 Å². The van der Waals surface area contributed by atoms with Crippen molar-refractivity contribution in [2.24, 2.45) is 7.05 Å². The summed E-state index contributed by atoms with van der Waals surface area (Å²) in [6.45, 7) is 3.10. The molecule has 4 heterocycles. The van der Waals surface area contributed by atoms with Gasteiger partial charge in [0.2, 0.25) is 0 Å². The average molecular weight is 468 g/mol.